The van der Waals surface area contributed by atoms with Crippen molar-refractivity contribution in [1.82, 2.24) is 4.98 Å². The van der Waals surface area contributed by atoms with Crippen molar-refractivity contribution in [1.29, 1.82) is 0 Å². The summed E-state index contributed by atoms with van der Waals surface area (Å²) in [5.74, 6) is 0.579. The highest BCUT2D eigenvalue weighted by Crippen LogP contribution is 2.31. The summed E-state index contributed by atoms with van der Waals surface area (Å²) in [6, 6.07) is 11.4. The fraction of sp³-hybridized carbons (Fsp3) is 0.250. The average Bonchev–Trinajstić information content (AvgIpc) is 3.25. The zero-order valence-electron chi connectivity index (χ0n) is 15.4. The molecule has 1 N–H and O–H groups in total. The minimum Gasteiger partial charge on any atom is -0.497 e. The summed E-state index contributed by atoms with van der Waals surface area (Å²) in [5.41, 5.74) is 1.80. The van der Waals surface area contributed by atoms with Crippen molar-refractivity contribution in [2.75, 3.05) is 12.4 Å². The number of nitrogens with zero attached hydrogens (tertiary/aromatic N) is 1. The van der Waals surface area contributed by atoms with Crippen molar-refractivity contribution in [3.63, 3.8) is 0 Å². The largest absolute Gasteiger partial charge is 0.497 e. The molecule has 5 nitrogen and oxygen atoms in total. The number of aryl methyl sites for hydroxylation is 2. The Morgan fingerprint density at radius 3 is 2.41 bits per heavy atom. The Hall–Kier alpha value is -2.51. The number of amides is 1. The van der Waals surface area contributed by atoms with Gasteiger partial charge in [0.15, 0.2) is 10.9 Å². The minimum atomic E-state index is -0.202. The Labute approximate surface area is 166 Å². The van der Waals surface area contributed by atoms with Gasteiger partial charge in [-0.1, -0.05) is 0 Å². The number of ketones is 1. The van der Waals surface area contributed by atoms with Crippen LogP contribution in [0, 0.1) is 13.8 Å². The van der Waals surface area contributed by atoms with Crippen LogP contribution in [0.2, 0.25) is 0 Å². The number of thiophene rings is 1. The van der Waals surface area contributed by atoms with E-state index < -0.39 is 0 Å². The third kappa shape index (κ3) is 4.81. The summed E-state index contributed by atoms with van der Waals surface area (Å²) >= 11 is 2.88. The zero-order chi connectivity index (χ0) is 19.4. The SMILES string of the molecule is COc1ccc(-c2nc(NC(=O)CCC(=O)c3ccc(C)s3)sc2C)cc1. The van der Waals surface area contributed by atoms with Gasteiger partial charge in [-0.25, -0.2) is 4.98 Å². The Kier molecular flexibility index (Phi) is 6.03. The van der Waals surface area contributed by atoms with Gasteiger partial charge in [-0.3, -0.25) is 9.59 Å². The predicted molar refractivity (Wildman–Crippen MR) is 110 cm³/mol. The minimum absolute atomic E-state index is 0.00232. The number of hydrogen-bond donors (Lipinski definition) is 1. The molecule has 0 aliphatic heterocycles. The molecule has 27 heavy (non-hydrogen) atoms. The summed E-state index contributed by atoms with van der Waals surface area (Å²) < 4.78 is 5.17. The highest BCUT2D eigenvalue weighted by Gasteiger charge is 2.14. The van der Waals surface area contributed by atoms with E-state index >= 15 is 0 Å². The maximum atomic E-state index is 12.2. The molecule has 0 unspecified atom stereocenters. The van der Waals surface area contributed by atoms with E-state index in [0.717, 1.165) is 26.8 Å². The molecule has 0 bridgehead atoms. The van der Waals surface area contributed by atoms with Crippen LogP contribution in [0.15, 0.2) is 36.4 Å². The lowest BCUT2D eigenvalue weighted by Crippen LogP contribution is -2.13. The van der Waals surface area contributed by atoms with Crippen LogP contribution < -0.4 is 10.1 Å². The van der Waals surface area contributed by atoms with Crippen molar-refractivity contribution >= 4 is 39.5 Å². The summed E-state index contributed by atoms with van der Waals surface area (Å²) in [7, 11) is 1.63. The lowest BCUT2D eigenvalue weighted by Gasteiger charge is -2.02. The number of rotatable bonds is 7. The van der Waals surface area contributed by atoms with Gasteiger partial charge < -0.3 is 10.1 Å². The second kappa shape index (κ2) is 8.45. The van der Waals surface area contributed by atoms with E-state index in [1.165, 1.54) is 22.7 Å². The van der Waals surface area contributed by atoms with Crippen molar-refractivity contribution in [3.8, 4) is 17.0 Å². The topological polar surface area (TPSA) is 68.3 Å². The molecule has 1 aromatic carbocycles. The number of carbonyl (C=O) groups is 2. The third-order valence-corrected chi connectivity index (χ3v) is 5.93. The molecule has 0 spiro atoms. The number of benzene rings is 1. The van der Waals surface area contributed by atoms with Crippen LogP contribution in [0.25, 0.3) is 11.3 Å². The van der Waals surface area contributed by atoms with Crippen LogP contribution in [0.1, 0.15) is 32.3 Å². The van der Waals surface area contributed by atoms with Crippen LogP contribution in [0.4, 0.5) is 5.13 Å². The molecule has 0 saturated heterocycles. The number of Topliss-reactive ketones (excluding diaryl/α,β-unsaturated/α-hetero) is 1. The lowest BCUT2D eigenvalue weighted by molar-refractivity contribution is -0.116. The molecule has 7 heteroatoms. The second-order valence-corrected chi connectivity index (χ2v) is 8.53. The van der Waals surface area contributed by atoms with E-state index in [9.17, 15) is 9.59 Å². The van der Waals surface area contributed by atoms with Gasteiger partial charge in [0.1, 0.15) is 5.75 Å². The van der Waals surface area contributed by atoms with Crippen molar-refractivity contribution in [3.05, 3.63) is 51.0 Å². The first kappa shape index (κ1) is 19.3. The molecule has 140 valence electrons. The van der Waals surface area contributed by atoms with Crippen LogP contribution in [-0.4, -0.2) is 23.8 Å². The Balaban J connectivity index is 1.60. The number of aromatic nitrogens is 1. The summed E-state index contributed by atoms with van der Waals surface area (Å²) in [6.45, 7) is 3.93. The van der Waals surface area contributed by atoms with E-state index in [-0.39, 0.29) is 24.5 Å². The van der Waals surface area contributed by atoms with Crippen molar-refractivity contribution in [2.24, 2.45) is 0 Å². The number of hydrogen-bond acceptors (Lipinski definition) is 6. The molecule has 0 radical (unpaired) electrons. The van der Waals surface area contributed by atoms with Gasteiger partial charge in [0.05, 0.1) is 17.7 Å². The van der Waals surface area contributed by atoms with E-state index in [1.54, 1.807) is 7.11 Å². The summed E-state index contributed by atoms with van der Waals surface area (Å²) in [5, 5.41) is 3.35. The lowest BCUT2D eigenvalue weighted by atomic mass is 10.1. The highest BCUT2D eigenvalue weighted by atomic mass is 32.1. The first-order valence-corrected chi connectivity index (χ1v) is 10.1. The smallest absolute Gasteiger partial charge is 0.226 e. The number of carbonyl (C=O) groups excluding carboxylic acids is 2. The Morgan fingerprint density at radius 1 is 1.04 bits per heavy atom. The van der Waals surface area contributed by atoms with Crippen molar-refractivity contribution < 1.29 is 14.3 Å². The Bertz CT molecular complexity index is 958. The molecule has 2 heterocycles. The van der Waals surface area contributed by atoms with E-state index in [0.29, 0.717) is 10.0 Å². The standard InChI is InChI=1S/C20H20N2O3S2/c1-12-4-10-17(26-12)16(23)9-11-18(24)21-20-22-19(13(2)27-20)14-5-7-15(25-3)8-6-14/h4-8,10H,9,11H2,1-3H3,(H,21,22,24). The molecule has 1 amide bonds. The quantitative estimate of drug-likeness (QED) is 0.560. The number of nitrogens with one attached hydrogen (secondary N) is 1. The molecule has 2 aromatic heterocycles. The molecule has 0 saturated carbocycles. The predicted octanol–water partition coefficient (Wildman–Crippen LogP) is 5.10. The monoisotopic (exact) mass is 400 g/mol. The van der Waals surface area contributed by atoms with E-state index in [4.69, 9.17) is 4.74 Å². The Morgan fingerprint density at radius 2 is 1.78 bits per heavy atom. The molecule has 3 rings (SSSR count). The maximum absolute atomic E-state index is 12.2. The third-order valence-electron chi connectivity index (χ3n) is 4.00. The second-order valence-electron chi connectivity index (χ2n) is 6.03. The molecule has 0 aliphatic carbocycles. The number of ether oxygens (including phenoxy) is 1. The summed E-state index contributed by atoms with van der Waals surface area (Å²) in [4.78, 5) is 31.6. The van der Waals surface area contributed by atoms with Gasteiger partial charge in [0.2, 0.25) is 5.91 Å². The van der Waals surface area contributed by atoms with Crippen molar-refractivity contribution in [2.45, 2.75) is 26.7 Å². The van der Waals surface area contributed by atoms with Crippen LogP contribution in [0.5, 0.6) is 5.75 Å². The average molecular weight is 401 g/mol. The molecular formula is C20H20N2O3S2. The fourth-order valence-electron chi connectivity index (χ4n) is 2.58. The fourth-order valence-corrected chi connectivity index (χ4v) is 4.27. The van der Waals surface area contributed by atoms with Gasteiger partial charge in [-0.05, 0) is 50.2 Å². The van der Waals surface area contributed by atoms with Gasteiger partial charge >= 0.3 is 0 Å². The molecule has 0 aliphatic rings. The maximum Gasteiger partial charge on any atom is 0.226 e. The molecule has 0 atom stereocenters. The van der Waals surface area contributed by atoms with Crippen LogP contribution >= 0.6 is 22.7 Å². The molecule has 3 aromatic rings. The van der Waals surface area contributed by atoms with Crippen LogP contribution in [-0.2, 0) is 4.79 Å². The van der Waals surface area contributed by atoms with Gasteiger partial charge in [0.25, 0.3) is 0 Å². The molecular weight excluding hydrogens is 380 g/mol. The molecule has 0 fully saturated rings. The number of methoxy groups -OCH3 is 1. The normalized spacial score (nSPS) is 10.6. The van der Waals surface area contributed by atoms with Gasteiger partial charge in [0, 0.05) is 28.2 Å². The zero-order valence-corrected chi connectivity index (χ0v) is 17.0. The van der Waals surface area contributed by atoms with Gasteiger partial charge in [-0.2, -0.15) is 0 Å². The van der Waals surface area contributed by atoms with E-state index in [2.05, 4.69) is 10.3 Å². The summed E-state index contributed by atoms with van der Waals surface area (Å²) in [6.07, 6.45) is 0.341. The first-order valence-electron chi connectivity index (χ1n) is 8.47. The van der Waals surface area contributed by atoms with E-state index in [1.807, 2.05) is 50.2 Å². The highest BCUT2D eigenvalue weighted by molar-refractivity contribution is 7.16. The van der Waals surface area contributed by atoms with Crippen LogP contribution in [0.3, 0.4) is 0 Å². The number of thiazole rings is 1. The first-order chi connectivity index (χ1) is 13.0. The van der Waals surface area contributed by atoms with Gasteiger partial charge in [-0.15, -0.1) is 22.7 Å². The number of anilines is 1.